The van der Waals surface area contributed by atoms with Crippen LogP contribution in [0.15, 0.2) is 33.9 Å². The molecule has 11 heteroatoms. The van der Waals surface area contributed by atoms with Gasteiger partial charge in [-0.05, 0) is 40.9 Å². The molecule has 1 amide bonds. The molecule has 2 heterocycles. The van der Waals surface area contributed by atoms with Crippen molar-refractivity contribution < 1.29 is 13.2 Å². The molecule has 1 N–H and O–H groups in total. The average molecular weight is 510 g/mol. The molecule has 1 aliphatic heterocycles. The number of sulfonamides is 1. The number of hydrogen-bond donors (Lipinski definition) is 1. The fraction of sp³-hybridized carbons (Fsp3) is 0.412. The summed E-state index contributed by atoms with van der Waals surface area (Å²) in [7, 11) is -3.78. The normalized spacial score (nSPS) is 15.5. The number of amides is 1. The van der Waals surface area contributed by atoms with Crippen LogP contribution in [0.3, 0.4) is 0 Å². The highest BCUT2D eigenvalue weighted by Gasteiger charge is 2.29. The molecule has 28 heavy (non-hydrogen) atoms. The minimum absolute atomic E-state index is 0.00788. The predicted molar refractivity (Wildman–Crippen MR) is 111 cm³/mol. The zero-order chi connectivity index (χ0) is 20.3. The summed E-state index contributed by atoms with van der Waals surface area (Å²) in [4.78, 5) is 12.4. The standard InChI is InChI=1S/C17H19BrCl2N4O3S/c18-12-10-22-23(11-12)7-4-21-17(25)13-8-16(15(20)9-14(13)19)28(26,27)24-5-2-1-3-6-24/h8-11H,1-7H2,(H,21,25). The van der Waals surface area contributed by atoms with Crippen LogP contribution in [0.1, 0.15) is 29.6 Å². The summed E-state index contributed by atoms with van der Waals surface area (Å²) in [5, 5.41) is 6.93. The molecular weight excluding hydrogens is 491 g/mol. The van der Waals surface area contributed by atoms with Gasteiger partial charge in [0.2, 0.25) is 10.0 Å². The fourth-order valence-electron chi connectivity index (χ4n) is 2.98. The van der Waals surface area contributed by atoms with E-state index in [0.717, 1.165) is 23.7 Å². The summed E-state index contributed by atoms with van der Waals surface area (Å²) in [6.45, 7) is 1.66. The number of hydrogen-bond acceptors (Lipinski definition) is 4. The molecular formula is C17H19BrCl2N4O3S. The maximum atomic E-state index is 12.9. The Kier molecular flexibility index (Phi) is 7.03. The summed E-state index contributed by atoms with van der Waals surface area (Å²) in [5.74, 6) is -0.469. The highest BCUT2D eigenvalue weighted by Crippen LogP contribution is 2.31. The fourth-order valence-corrected chi connectivity index (χ4v) is 5.66. The summed E-state index contributed by atoms with van der Waals surface area (Å²) in [5.41, 5.74) is 0.0725. The second kappa shape index (κ2) is 9.13. The van der Waals surface area contributed by atoms with Gasteiger partial charge >= 0.3 is 0 Å². The maximum Gasteiger partial charge on any atom is 0.252 e. The first kappa shape index (κ1) is 21.6. The molecule has 0 atom stereocenters. The van der Waals surface area contributed by atoms with Crippen molar-refractivity contribution in [2.45, 2.75) is 30.7 Å². The van der Waals surface area contributed by atoms with Crippen LogP contribution in [-0.4, -0.2) is 48.0 Å². The monoisotopic (exact) mass is 508 g/mol. The maximum absolute atomic E-state index is 12.9. The minimum atomic E-state index is -3.78. The number of halogens is 3. The van der Waals surface area contributed by atoms with Gasteiger partial charge in [-0.25, -0.2) is 8.42 Å². The summed E-state index contributed by atoms with van der Waals surface area (Å²) in [6, 6.07) is 2.56. The first-order valence-corrected chi connectivity index (χ1v) is 11.7. The predicted octanol–water partition coefficient (Wildman–Crippen LogP) is 3.56. The van der Waals surface area contributed by atoms with Crippen molar-refractivity contribution >= 4 is 55.1 Å². The van der Waals surface area contributed by atoms with Crippen molar-refractivity contribution in [2.75, 3.05) is 19.6 Å². The summed E-state index contributed by atoms with van der Waals surface area (Å²) in [6.07, 6.45) is 6.05. The lowest BCUT2D eigenvalue weighted by molar-refractivity contribution is 0.0952. The van der Waals surface area contributed by atoms with Gasteiger partial charge in [0.15, 0.2) is 0 Å². The molecule has 1 aromatic heterocycles. The Bertz CT molecular complexity index is 975. The Morgan fingerprint density at radius 2 is 1.89 bits per heavy atom. The molecule has 1 aromatic carbocycles. The number of piperidine rings is 1. The van der Waals surface area contributed by atoms with Crippen LogP contribution in [0.25, 0.3) is 0 Å². The Balaban J connectivity index is 1.77. The third-order valence-corrected chi connectivity index (χ3v) is 7.51. The van der Waals surface area contributed by atoms with Crippen molar-refractivity contribution in [3.8, 4) is 0 Å². The van der Waals surface area contributed by atoms with Crippen molar-refractivity contribution in [3.05, 3.63) is 44.6 Å². The van der Waals surface area contributed by atoms with Gasteiger partial charge in [0, 0.05) is 25.8 Å². The number of nitrogens with zero attached hydrogens (tertiary/aromatic N) is 3. The van der Waals surface area contributed by atoms with Crippen molar-refractivity contribution in [1.82, 2.24) is 19.4 Å². The second-order valence-electron chi connectivity index (χ2n) is 6.40. The van der Waals surface area contributed by atoms with E-state index in [1.165, 1.54) is 16.4 Å². The Hall–Kier alpha value is -1.13. The van der Waals surface area contributed by atoms with Gasteiger partial charge in [0.25, 0.3) is 5.91 Å². The van der Waals surface area contributed by atoms with E-state index in [2.05, 4.69) is 26.3 Å². The summed E-state index contributed by atoms with van der Waals surface area (Å²) >= 11 is 15.6. The van der Waals surface area contributed by atoms with Crippen molar-refractivity contribution in [3.63, 3.8) is 0 Å². The Labute approximate surface area is 182 Å². The number of rotatable bonds is 6. The molecule has 1 saturated heterocycles. The topological polar surface area (TPSA) is 84.3 Å². The van der Waals surface area contributed by atoms with Crippen LogP contribution in [0.2, 0.25) is 10.0 Å². The van der Waals surface area contributed by atoms with E-state index >= 15 is 0 Å². The van der Waals surface area contributed by atoms with E-state index in [4.69, 9.17) is 23.2 Å². The van der Waals surface area contributed by atoms with Gasteiger partial charge < -0.3 is 5.32 Å². The van der Waals surface area contributed by atoms with Gasteiger partial charge in [-0.1, -0.05) is 29.6 Å². The molecule has 2 aromatic rings. The average Bonchev–Trinajstić information content (AvgIpc) is 3.07. The van der Waals surface area contributed by atoms with Crippen LogP contribution in [0.4, 0.5) is 0 Å². The molecule has 0 unspecified atom stereocenters. The molecule has 152 valence electrons. The molecule has 3 rings (SSSR count). The smallest absolute Gasteiger partial charge is 0.252 e. The third-order valence-electron chi connectivity index (χ3n) is 4.43. The van der Waals surface area contributed by atoms with Crippen LogP contribution in [-0.2, 0) is 16.6 Å². The Morgan fingerprint density at radius 1 is 1.18 bits per heavy atom. The number of carbonyl (C=O) groups excluding carboxylic acids is 1. The number of carbonyl (C=O) groups is 1. The van der Waals surface area contributed by atoms with Gasteiger partial charge in [0.05, 0.1) is 32.8 Å². The molecule has 1 aliphatic rings. The van der Waals surface area contributed by atoms with Gasteiger partial charge in [-0.15, -0.1) is 0 Å². The lowest BCUT2D eigenvalue weighted by Crippen LogP contribution is -2.36. The van der Waals surface area contributed by atoms with E-state index in [0.29, 0.717) is 26.2 Å². The van der Waals surface area contributed by atoms with Crippen LogP contribution in [0, 0.1) is 0 Å². The molecule has 7 nitrogen and oxygen atoms in total. The lowest BCUT2D eigenvalue weighted by atomic mass is 10.2. The molecule has 0 aliphatic carbocycles. The van der Waals surface area contributed by atoms with E-state index in [1.54, 1.807) is 17.1 Å². The highest BCUT2D eigenvalue weighted by molar-refractivity contribution is 9.10. The third kappa shape index (κ3) is 4.88. The van der Waals surface area contributed by atoms with E-state index in [1.807, 2.05) is 0 Å². The van der Waals surface area contributed by atoms with Crippen molar-refractivity contribution in [2.24, 2.45) is 0 Å². The van der Waals surface area contributed by atoms with Crippen LogP contribution < -0.4 is 5.32 Å². The zero-order valence-electron chi connectivity index (χ0n) is 14.9. The largest absolute Gasteiger partial charge is 0.350 e. The number of nitrogens with one attached hydrogen (secondary N) is 1. The number of aromatic nitrogens is 2. The first-order chi connectivity index (χ1) is 13.3. The summed E-state index contributed by atoms with van der Waals surface area (Å²) < 4.78 is 29.8. The second-order valence-corrected chi connectivity index (χ2v) is 10.0. The van der Waals surface area contributed by atoms with Gasteiger partial charge in [-0.2, -0.15) is 9.40 Å². The van der Waals surface area contributed by atoms with Crippen LogP contribution >= 0.6 is 39.1 Å². The highest BCUT2D eigenvalue weighted by atomic mass is 79.9. The van der Waals surface area contributed by atoms with E-state index < -0.39 is 15.9 Å². The molecule has 0 saturated carbocycles. The van der Waals surface area contributed by atoms with Crippen molar-refractivity contribution in [1.29, 1.82) is 0 Å². The molecule has 0 radical (unpaired) electrons. The van der Waals surface area contributed by atoms with E-state index in [-0.39, 0.29) is 20.5 Å². The van der Waals surface area contributed by atoms with Gasteiger partial charge in [-0.3, -0.25) is 9.48 Å². The zero-order valence-corrected chi connectivity index (χ0v) is 18.8. The minimum Gasteiger partial charge on any atom is -0.350 e. The molecule has 0 bridgehead atoms. The molecule has 1 fully saturated rings. The first-order valence-electron chi connectivity index (χ1n) is 8.74. The van der Waals surface area contributed by atoms with E-state index in [9.17, 15) is 13.2 Å². The SMILES string of the molecule is O=C(NCCn1cc(Br)cn1)c1cc(S(=O)(=O)N2CCCCC2)c(Cl)cc1Cl. The number of benzene rings is 1. The molecule has 0 spiro atoms. The van der Waals surface area contributed by atoms with Gasteiger partial charge in [0.1, 0.15) is 4.90 Å². The lowest BCUT2D eigenvalue weighted by Gasteiger charge is -2.26. The quantitative estimate of drug-likeness (QED) is 0.645. The van der Waals surface area contributed by atoms with Crippen LogP contribution in [0.5, 0.6) is 0 Å². The Morgan fingerprint density at radius 3 is 2.54 bits per heavy atom.